The molecule has 0 saturated carbocycles. The first-order chi connectivity index (χ1) is 7.10. The maximum absolute atomic E-state index is 11.2. The summed E-state index contributed by atoms with van der Waals surface area (Å²) >= 11 is 0. The van der Waals surface area contributed by atoms with Gasteiger partial charge in [-0.15, -0.1) is 0 Å². The third-order valence-corrected chi connectivity index (χ3v) is 4.21. The molecule has 0 saturated heterocycles. The molecule has 0 rings (SSSR count). The number of ether oxygens (including phenoxy) is 1. The molecule has 0 N–H and O–H groups in total. The minimum atomic E-state index is -3.06. The van der Waals surface area contributed by atoms with Crippen LogP contribution in [-0.4, -0.2) is 65.2 Å². The zero-order valence-electron chi connectivity index (χ0n) is 10.2. The van der Waals surface area contributed by atoms with Crippen molar-refractivity contribution in [1.29, 1.82) is 0 Å². The summed E-state index contributed by atoms with van der Waals surface area (Å²) < 4.78 is 27.2. The number of carbonyl (C=O) groups excluding carboxylic acids is 1. The first-order valence-electron chi connectivity index (χ1n) is 4.91. The van der Waals surface area contributed by atoms with Crippen LogP contribution in [0.2, 0.25) is 0 Å². The first-order valence-corrected chi connectivity index (χ1v) is 8.30. The van der Waals surface area contributed by atoms with Crippen LogP contribution in [0.25, 0.3) is 0 Å². The summed E-state index contributed by atoms with van der Waals surface area (Å²) in [5.41, 5.74) is 0. The van der Waals surface area contributed by atoms with Gasteiger partial charge in [0.25, 0.3) is 0 Å². The average molecular weight is 270 g/mol. The highest BCUT2D eigenvalue weighted by Gasteiger charge is 2.10. The summed E-state index contributed by atoms with van der Waals surface area (Å²) in [6.07, 6.45) is 1.26. The number of esters is 1. The molecule has 0 atom stereocenters. The van der Waals surface area contributed by atoms with Crippen LogP contribution in [0.1, 0.15) is 6.42 Å². The molecule has 0 unspecified atom stereocenters. The summed E-state index contributed by atoms with van der Waals surface area (Å²) in [5, 5.41) is 0. The van der Waals surface area contributed by atoms with Crippen molar-refractivity contribution in [2.75, 3.05) is 46.3 Å². The highest BCUT2D eigenvalue weighted by Crippen LogP contribution is 2.10. The lowest BCUT2D eigenvalue weighted by molar-refractivity contribution is -0.870. The van der Waals surface area contributed by atoms with Crippen molar-refractivity contribution >= 4 is 25.6 Å². The highest BCUT2D eigenvalue weighted by molar-refractivity contribution is 8.71. The molecular weight excluding hydrogens is 250 g/mol. The molecule has 0 fully saturated rings. The largest absolute Gasteiger partial charge is 0.460 e. The molecule has 0 bridgehead atoms. The lowest BCUT2D eigenvalue weighted by atomic mass is 10.5. The van der Waals surface area contributed by atoms with Gasteiger partial charge in [-0.25, -0.2) is 8.42 Å². The highest BCUT2D eigenvalue weighted by atomic mass is 33.1. The summed E-state index contributed by atoms with van der Waals surface area (Å²) in [6, 6.07) is 0. The molecule has 7 heteroatoms. The molecular formula is C9H20NO4S2+. The quantitative estimate of drug-likeness (QED) is 0.379. The van der Waals surface area contributed by atoms with Gasteiger partial charge >= 0.3 is 5.97 Å². The van der Waals surface area contributed by atoms with Gasteiger partial charge in [0.2, 0.25) is 0 Å². The van der Waals surface area contributed by atoms with E-state index in [-0.39, 0.29) is 18.1 Å². The Morgan fingerprint density at radius 3 is 2.31 bits per heavy atom. The number of hydrogen-bond acceptors (Lipinski definition) is 5. The van der Waals surface area contributed by atoms with E-state index in [2.05, 4.69) is 0 Å². The van der Waals surface area contributed by atoms with Crippen molar-refractivity contribution in [3.05, 3.63) is 0 Å². The van der Waals surface area contributed by atoms with Gasteiger partial charge in [0.1, 0.15) is 13.2 Å². The second-order valence-corrected chi connectivity index (χ2v) is 9.09. The number of carbonyl (C=O) groups is 1. The van der Waals surface area contributed by atoms with E-state index in [4.69, 9.17) is 4.74 Å². The minimum absolute atomic E-state index is 0.134. The SMILES string of the molecule is C[N+](C)(C)CCOC(=O)CCSS(C)(=O)=O. The number of rotatable bonds is 7. The lowest BCUT2D eigenvalue weighted by Crippen LogP contribution is -2.38. The second kappa shape index (κ2) is 6.46. The van der Waals surface area contributed by atoms with Crippen LogP contribution in [0.5, 0.6) is 0 Å². The van der Waals surface area contributed by atoms with E-state index in [1.54, 1.807) is 0 Å². The predicted octanol–water partition coefficient (Wildman–Crippen LogP) is 0.319. The zero-order chi connectivity index (χ0) is 12.8. The van der Waals surface area contributed by atoms with Crippen LogP contribution in [0.15, 0.2) is 0 Å². The molecule has 0 radical (unpaired) electrons. The molecule has 0 aromatic carbocycles. The predicted molar refractivity (Wildman–Crippen MR) is 65.8 cm³/mol. The van der Waals surface area contributed by atoms with Crippen molar-refractivity contribution in [2.45, 2.75) is 6.42 Å². The van der Waals surface area contributed by atoms with Crippen molar-refractivity contribution < 1.29 is 22.4 Å². The molecule has 96 valence electrons. The van der Waals surface area contributed by atoms with Crippen LogP contribution >= 0.6 is 10.8 Å². The average Bonchev–Trinajstić information content (AvgIpc) is 1.98. The van der Waals surface area contributed by atoms with Crippen LogP contribution in [0, 0.1) is 0 Å². The monoisotopic (exact) mass is 270 g/mol. The first kappa shape index (κ1) is 15.7. The Bertz CT molecular complexity index is 319. The van der Waals surface area contributed by atoms with Gasteiger partial charge in [-0.3, -0.25) is 4.79 Å². The van der Waals surface area contributed by atoms with E-state index in [1.165, 1.54) is 0 Å². The Morgan fingerprint density at radius 2 is 1.88 bits per heavy atom. The number of hydrogen-bond donors (Lipinski definition) is 0. The van der Waals surface area contributed by atoms with E-state index in [9.17, 15) is 13.2 Å². The fourth-order valence-electron chi connectivity index (χ4n) is 0.782. The third-order valence-electron chi connectivity index (χ3n) is 1.63. The van der Waals surface area contributed by atoms with E-state index in [1.807, 2.05) is 21.1 Å². The van der Waals surface area contributed by atoms with Crippen molar-refractivity contribution in [1.82, 2.24) is 0 Å². The van der Waals surface area contributed by atoms with Crippen LogP contribution in [0.4, 0.5) is 0 Å². The summed E-state index contributed by atoms with van der Waals surface area (Å²) in [4.78, 5) is 11.2. The Kier molecular flexibility index (Phi) is 6.35. The molecule has 0 amide bonds. The fraction of sp³-hybridized carbons (Fsp3) is 0.889. The zero-order valence-corrected chi connectivity index (χ0v) is 11.9. The van der Waals surface area contributed by atoms with Gasteiger partial charge in [-0.1, -0.05) is 0 Å². The third kappa shape index (κ3) is 11.8. The molecule has 0 aromatic rings. The standard InChI is InChI=1S/C9H20NO4S2/c1-10(2,3)6-7-14-9(11)5-8-15-16(4,12)13/h5-8H2,1-4H3/q+1. The molecule has 5 nitrogen and oxygen atoms in total. The van der Waals surface area contributed by atoms with Crippen molar-refractivity contribution in [2.24, 2.45) is 0 Å². The lowest BCUT2D eigenvalue weighted by Gasteiger charge is -2.23. The Labute approximate surface area is 101 Å². The molecule has 0 aliphatic carbocycles. The Hall–Kier alpha value is -0.270. The fourth-order valence-corrected chi connectivity index (χ4v) is 2.49. The topological polar surface area (TPSA) is 60.4 Å². The van der Waals surface area contributed by atoms with E-state index < -0.39 is 8.87 Å². The van der Waals surface area contributed by atoms with Crippen LogP contribution in [0.3, 0.4) is 0 Å². The smallest absolute Gasteiger partial charge is 0.306 e. The molecule has 0 spiro atoms. The van der Waals surface area contributed by atoms with Gasteiger partial charge < -0.3 is 9.22 Å². The van der Waals surface area contributed by atoms with E-state index in [0.717, 1.165) is 28.1 Å². The van der Waals surface area contributed by atoms with E-state index >= 15 is 0 Å². The normalized spacial score (nSPS) is 12.5. The van der Waals surface area contributed by atoms with Crippen LogP contribution < -0.4 is 0 Å². The summed E-state index contributed by atoms with van der Waals surface area (Å²) in [6.45, 7) is 1.11. The molecule has 0 heterocycles. The molecule has 0 aliphatic heterocycles. The second-order valence-electron chi connectivity index (χ2n) is 4.51. The number of quaternary nitrogens is 1. The number of nitrogens with zero attached hydrogens (tertiary/aromatic N) is 1. The van der Waals surface area contributed by atoms with Gasteiger partial charge in [0, 0.05) is 12.0 Å². The van der Waals surface area contributed by atoms with Gasteiger partial charge in [-0.05, 0) is 10.8 Å². The molecule has 0 aromatic heterocycles. The van der Waals surface area contributed by atoms with Gasteiger partial charge in [0.15, 0.2) is 8.87 Å². The van der Waals surface area contributed by atoms with Gasteiger partial charge in [0.05, 0.1) is 27.6 Å². The molecule has 16 heavy (non-hydrogen) atoms. The summed E-state index contributed by atoms with van der Waals surface area (Å²) in [7, 11) is 3.73. The number of likely N-dealkylation sites (N-methyl/N-ethyl adjacent to an activating group) is 1. The van der Waals surface area contributed by atoms with Gasteiger partial charge in [-0.2, -0.15) is 0 Å². The van der Waals surface area contributed by atoms with Crippen molar-refractivity contribution in [3.8, 4) is 0 Å². The Morgan fingerprint density at radius 1 is 1.31 bits per heavy atom. The maximum atomic E-state index is 11.2. The van der Waals surface area contributed by atoms with Crippen LogP contribution in [-0.2, 0) is 18.4 Å². The summed E-state index contributed by atoms with van der Waals surface area (Å²) in [5.74, 6) is -0.0909. The maximum Gasteiger partial charge on any atom is 0.306 e. The van der Waals surface area contributed by atoms with E-state index in [0.29, 0.717) is 6.61 Å². The minimum Gasteiger partial charge on any atom is -0.460 e. The van der Waals surface area contributed by atoms with Crippen molar-refractivity contribution in [3.63, 3.8) is 0 Å². The molecule has 0 aliphatic rings. The Balaban J connectivity index is 3.61.